The number of aromatic amines is 1. The summed E-state index contributed by atoms with van der Waals surface area (Å²) in [5.41, 5.74) is 1.15. The molecule has 0 atom stereocenters. The van der Waals surface area contributed by atoms with Gasteiger partial charge in [-0.05, 0) is 17.7 Å². The predicted octanol–water partition coefficient (Wildman–Crippen LogP) is 0.476. The van der Waals surface area contributed by atoms with Gasteiger partial charge in [0, 0.05) is 0 Å². The third kappa shape index (κ3) is 2.59. The second-order valence-electron chi connectivity index (χ2n) is 3.99. The Balaban J connectivity index is 1.86. The Morgan fingerprint density at radius 3 is 3.05 bits per heavy atom. The summed E-state index contributed by atoms with van der Waals surface area (Å²) < 4.78 is 0. The summed E-state index contributed by atoms with van der Waals surface area (Å²) >= 11 is 1.30. The molecule has 1 saturated heterocycles. The summed E-state index contributed by atoms with van der Waals surface area (Å²) in [7, 11) is 0. The van der Waals surface area contributed by atoms with Gasteiger partial charge in [0.05, 0.1) is 29.2 Å². The predicted molar refractivity (Wildman–Crippen MR) is 78.0 cm³/mol. The van der Waals surface area contributed by atoms with Gasteiger partial charge in [-0.2, -0.15) is 5.10 Å². The average Bonchev–Trinajstić information content (AvgIpc) is 2.85. The summed E-state index contributed by atoms with van der Waals surface area (Å²) in [5.74, 6) is 0.290. The smallest absolute Gasteiger partial charge is 0.258 e. The quantitative estimate of drug-likeness (QED) is 0.619. The van der Waals surface area contributed by atoms with Gasteiger partial charge in [-0.25, -0.2) is 4.98 Å². The highest BCUT2D eigenvalue weighted by Crippen LogP contribution is 2.10. The van der Waals surface area contributed by atoms with Crippen LogP contribution in [0.5, 0.6) is 0 Å². The first-order chi connectivity index (χ1) is 9.72. The molecule has 0 bridgehead atoms. The number of thioether (sulfide) groups is 1. The fourth-order valence-electron chi connectivity index (χ4n) is 1.69. The highest BCUT2D eigenvalue weighted by Gasteiger charge is 2.15. The zero-order valence-electron chi connectivity index (χ0n) is 10.2. The fourth-order valence-corrected chi connectivity index (χ4v) is 2.32. The maximum absolute atomic E-state index is 11.6. The molecule has 0 spiro atoms. The van der Waals surface area contributed by atoms with Gasteiger partial charge in [-0.1, -0.05) is 17.8 Å². The van der Waals surface area contributed by atoms with Gasteiger partial charge in [0.25, 0.3) is 5.56 Å². The zero-order chi connectivity index (χ0) is 13.9. The molecule has 1 aliphatic rings. The Bertz CT molecular complexity index is 796. The number of rotatable bonds is 2. The monoisotopic (exact) mass is 287 g/mol. The minimum Gasteiger partial charge on any atom is -0.313 e. The zero-order valence-corrected chi connectivity index (χ0v) is 11.0. The van der Waals surface area contributed by atoms with Gasteiger partial charge >= 0.3 is 0 Å². The summed E-state index contributed by atoms with van der Waals surface area (Å²) in [6, 6.07) is 5.22. The molecule has 1 aromatic heterocycles. The first-order valence-corrected chi connectivity index (χ1v) is 6.72. The van der Waals surface area contributed by atoms with Gasteiger partial charge in [0.2, 0.25) is 5.91 Å². The van der Waals surface area contributed by atoms with Crippen LogP contribution in [0, 0.1) is 0 Å². The summed E-state index contributed by atoms with van der Waals surface area (Å²) in [6.45, 7) is 0. The van der Waals surface area contributed by atoms with E-state index < -0.39 is 0 Å². The SMILES string of the molecule is O=C1CSC(=NN=Cc2ccc3nc[nH]c(=O)c3c2)N1. The topological polar surface area (TPSA) is 99.6 Å². The Morgan fingerprint density at radius 1 is 1.35 bits per heavy atom. The van der Waals surface area contributed by atoms with Crippen molar-refractivity contribution in [2.45, 2.75) is 0 Å². The second kappa shape index (κ2) is 5.25. The number of hydrogen-bond acceptors (Lipinski definition) is 6. The Morgan fingerprint density at radius 2 is 2.25 bits per heavy atom. The lowest BCUT2D eigenvalue weighted by molar-refractivity contribution is -0.116. The lowest BCUT2D eigenvalue weighted by Gasteiger charge is -1.96. The lowest BCUT2D eigenvalue weighted by atomic mass is 10.1. The number of H-pyrrole nitrogens is 1. The number of benzene rings is 1. The third-order valence-electron chi connectivity index (χ3n) is 2.61. The molecule has 20 heavy (non-hydrogen) atoms. The molecule has 100 valence electrons. The van der Waals surface area contributed by atoms with Crippen LogP contribution in [0.1, 0.15) is 5.56 Å². The maximum Gasteiger partial charge on any atom is 0.258 e. The van der Waals surface area contributed by atoms with Crippen LogP contribution in [0.4, 0.5) is 0 Å². The number of nitrogens with zero attached hydrogens (tertiary/aromatic N) is 3. The molecule has 0 saturated carbocycles. The number of hydrogen-bond donors (Lipinski definition) is 2. The number of nitrogens with one attached hydrogen (secondary N) is 2. The molecule has 2 N–H and O–H groups in total. The standard InChI is InChI=1S/C12H9N5O2S/c18-10-5-20-12(16-10)17-15-4-7-1-2-9-8(3-7)11(19)14-6-13-9/h1-4,6H,5H2,(H,13,14,19)(H,16,17,18). The number of amides is 1. The van der Waals surface area contributed by atoms with Gasteiger partial charge in [-0.3, -0.25) is 9.59 Å². The number of aromatic nitrogens is 2. The molecule has 1 aromatic carbocycles. The number of carbonyl (C=O) groups is 1. The van der Waals surface area contributed by atoms with Crippen molar-refractivity contribution in [3.8, 4) is 0 Å². The molecule has 1 aliphatic heterocycles. The van der Waals surface area contributed by atoms with Crippen molar-refractivity contribution in [1.29, 1.82) is 0 Å². The molecule has 0 aliphatic carbocycles. The van der Waals surface area contributed by atoms with Crippen LogP contribution >= 0.6 is 11.8 Å². The van der Waals surface area contributed by atoms with Gasteiger partial charge < -0.3 is 10.3 Å². The van der Waals surface area contributed by atoms with Crippen LogP contribution in [-0.4, -0.2) is 33.0 Å². The lowest BCUT2D eigenvalue weighted by Crippen LogP contribution is -2.19. The first-order valence-electron chi connectivity index (χ1n) is 5.73. The summed E-state index contributed by atoms with van der Waals surface area (Å²) in [5, 5.41) is 11.3. The van der Waals surface area contributed by atoms with E-state index >= 15 is 0 Å². The van der Waals surface area contributed by atoms with Crippen LogP contribution < -0.4 is 10.9 Å². The summed E-state index contributed by atoms with van der Waals surface area (Å²) in [6.07, 6.45) is 2.88. The maximum atomic E-state index is 11.6. The molecule has 0 radical (unpaired) electrons. The molecule has 8 heteroatoms. The Hall–Kier alpha value is -2.48. The molecule has 0 unspecified atom stereocenters. The molecular weight excluding hydrogens is 278 g/mol. The van der Waals surface area contributed by atoms with E-state index in [1.165, 1.54) is 24.3 Å². The van der Waals surface area contributed by atoms with Crippen molar-refractivity contribution in [3.05, 3.63) is 40.4 Å². The minimum atomic E-state index is -0.199. The van der Waals surface area contributed by atoms with E-state index in [1.54, 1.807) is 18.2 Å². The van der Waals surface area contributed by atoms with Crippen LogP contribution in [0.2, 0.25) is 0 Å². The molecule has 2 aromatic rings. The Kier molecular flexibility index (Phi) is 3.30. The Labute approximate surface area is 117 Å². The second-order valence-corrected chi connectivity index (χ2v) is 4.96. The fraction of sp³-hybridized carbons (Fsp3) is 0.0833. The highest BCUT2D eigenvalue weighted by atomic mass is 32.2. The van der Waals surface area contributed by atoms with E-state index in [0.29, 0.717) is 21.8 Å². The first kappa shape index (κ1) is 12.5. The van der Waals surface area contributed by atoms with Gasteiger partial charge in [-0.15, -0.1) is 5.10 Å². The molecule has 1 fully saturated rings. The number of carbonyl (C=O) groups excluding carboxylic acids is 1. The number of amidine groups is 1. The van der Waals surface area contributed by atoms with Gasteiger partial charge in [0.1, 0.15) is 0 Å². The molecule has 2 heterocycles. The minimum absolute atomic E-state index is 0.0766. The molecular formula is C12H9N5O2S. The van der Waals surface area contributed by atoms with Crippen molar-refractivity contribution in [2.24, 2.45) is 10.2 Å². The third-order valence-corrected chi connectivity index (χ3v) is 3.47. The van der Waals surface area contributed by atoms with Crippen molar-refractivity contribution in [1.82, 2.24) is 15.3 Å². The number of fused-ring (bicyclic) bond motifs is 1. The van der Waals surface area contributed by atoms with E-state index in [9.17, 15) is 9.59 Å². The molecule has 3 rings (SSSR count). The molecule has 7 nitrogen and oxygen atoms in total. The average molecular weight is 287 g/mol. The molecule has 1 amide bonds. The van der Waals surface area contributed by atoms with E-state index in [4.69, 9.17) is 0 Å². The van der Waals surface area contributed by atoms with E-state index in [2.05, 4.69) is 25.5 Å². The van der Waals surface area contributed by atoms with E-state index in [-0.39, 0.29) is 11.5 Å². The van der Waals surface area contributed by atoms with Crippen LogP contribution in [0.3, 0.4) is 0 Å². The summed E-state index contributed by atoms with van der Waals surface area (Å²) in [4.78, 5) is 29.2. The van der Waals surface area contributed by atoms with E-state index in [0.717, 1.165) is 5.56 Å². The van der Waals surface area contributed by atoms with Crippen LogP contribution in [0.25, 0.3) is 10.9 Å². The normalized spacial score (nSPS) is 17.2. The van der Waals surface area contributed by atoms with Crippen LogP contribution in [-0.2, 0) is 4.79 Å². The van der Waals surface area contributed by atoms with Gasteiger partial charge in [0.15, 0.2) is 5.17 Å². The largest absolute Gasteiger partial charge is 0.313 e. The van der Waals surface area contributed by atoms with Crippen molar-refractivity contribution in [2.75, 3.05) is 5.75 Å². The van der Waals surface area contributed by atoms with Crippen molar-refractivity contribution in [3.63, 3.8) is 0 Å². The van der Waals surface area contributed by atoms with Crippen molar-refractivity contribution >= 4 is 40.0 Å². The van der Waals surface area contributed by atoms with Crippen LogP contribution in [0.15, 0.2) is 39.5 Å². The highest BCUT2D eigenvalue weighted by molar-refractivity contribution is 8.15. The van der Waals surface area contributed by atoms with E-state index in [1.807, 2.05) is 0 Å². The van der Waals surface area contributed by atoms with Crippen molar-refractivity contribution < 1.29 is 4.79 Å².